The summed E-state index contributed by atoms with van der Waals surface area (Å²) in [5, 5.41) is 7.91. The lowest BCUT2D eigenvalue weighted by Crippen LogP contribution is -2.29. The maximum absolute atomic E-state index is 13.8. The second kappa shape index (κ2) is 5.31. The molecule has 2 unspecified atom stereocenters. The minimum Gasteiger partial charge on any atom is -0.424 e. The number of rotatable bonds is 3. The van der Waals surface area contributed by atoms with E-state index in [2.05, 4.69) is 25.0 Å². The predicted octanol–water partition coefficient (Wildman–Crippen LogP) is 1.48. The molecule has 2 aliphatic heterocycles. The number of anilines is 1. The SMILES string of the molecule is Cc1nnc(CN2CC3CN(c4ncccc4F)CC3C2)o1. The number of aromatic nitrogens is 3. The van der Waals surface area contributed by atoms with Crippen LogP contribution in [-0.4, -0.2) is 46.3 Å². The predicted molar refractivity (Wildman–Crippen MR) is 77.7 cm³/mol. The fraction of sp³-hybridized carbons (Fsp3) is 0.533. The lowest BCUT2D eigenvalue weighted by molar-refractivity contribution is 0.271. The molecule has 4 rings (SSSR count). The molecule has 6 nitrogen and oxygen atoms in total. The lowest BCUT2D eigenvalue weighted by Gasteiger charge is -2.21. The number of halogens is 1. The van der Waals surface area contributed by atoms with Crippen molar-refractivity contribution in [1.29, 1.82) is 0 Å². The summed E-state index contributed by atoms with van der Waals surface area (Å²) in [6, 6.07) is 3.10. The van der Waals surface area contributed by atoms with Crippen LogP contribution in [0.25, 0.3) is 0 Å². The quantitative estimate of drug-likeness (QED) is 0.856. The second-order valence-electron chi connectivity index (χ2n) is 6.14. The van der Waals surface area contributed by atoms with Crippen LogP contribution in [0.15, 0.2) is 22.7 Å². The first-order valence-corrected chi connectivity index (χ1v) is 7.56. The van der Waals surface area contributed by atoms with Gasteiger partial charge < -0.3 is 9.32 Å². The molecule has 0 spiro atoms. The molecule has 0 bridgehead atoms. The number of nitrogens with zero attached hydrogens (tertiary/aromatic N) is 5. The molecule has 22 heavy (non-hydrogen) atoms. The molecule has 4 heterocycles. The van der Waals surface area contributed by atoms with Crippen LogP contribution in [0.1, 0.15) is 11.8 Å². The van der Waals surface area contributed by atoms with E-state index in [9.17, 15) is 4.39 Å². The fourth-order valence-electron chi connectivity index (χ4n) is 3.60. The summed E-state index contributed by atoms with van der Waals surface area (Å²) in [6.45, 7) is 6.18. The molecule has 116 valence electrons. The highest BCUT2D eigenvalue weighted by atomic mass is 19.1. The number of likely N-dealkylation sites (tertiary alicyclic amines) is 1. The highest BCUT2D eigenvalue weighted by Gasteiger charge is 2.41. The largest absolute Gasteiger partial charge is 0.424 e. The van der Waals surface area contributed by atoms with Gasteiger partial charge in [0.1, 0.15) is 0 Å². The summed E-state index contributed by atoms with van der Waals surface area (Å²) >= 11 is 0. The van der Waals surface area contributed by atoms with E-state index in [1.807, 2.05) is 0 Å². The molecule has 2 saturated heterocycles. The third-order valence-corrected chi connectivity index (χ3v) is 4.53. The van der Waals surface area contributed by atoms with Crippen LogP contribution in [0.2, 0.25) is 0 Å². The van der Waals surface area contributed by atoms with E-state index in [0.29, 0.717) is 36.0 Å². The monoisotopic (exact) mass is 303 g/mol. The Labute approximate surface area is 128 Å². The topological polar surface area (TPSA) is 58.3 Å². The summed E-state index contributed by atoms with van der Waals surface area (Å²) in [5.41, 5.74) is 0. The van der Waals surface area contributed by atoms with Crippen molar-refractivity contribution in [3.8, 4) is 0 Å². The van der Waals surface area contributed by atoms with E-state index < -0.39 is 0 Å². The van der Waals surface area contributed by atoms with Gasteiger partial charge in [-0.05, 0) is 24.0 Å². The van der Waals surface area contributed by atoms with Gasteiger partial charge in [-0.25, -0.2) is 9.37 Å². The summed E-state index contributed by atoms with van der Waals surface area (Å²) in [6.07, 6.45) is 1.65. The molecule has 2 aromatic heterocycles. The van der Waals surface area contributed by atoms with Crippen molar-refractivity contribution in [1.82, 2.24) is 20.1 Å². The molecule has 0 aliphatic carbocycles. The highest BCUT2D eigenvalue weighted by Crippen LogP contribution is 2.34. The van der Waals surface area contributed by atoms with Crippen molar-refractivity contribution in [2.75, 3.05) is 31.1 Å². The molecule has 0 radical (unpaired) electrons. The Morgan fingerprint density at radius 3 is 2.64 bits per heavy atom. The minimum absolute atomic E-state index is 0.235. The van der Waals surface area contributed by atoms with E-state index in [4.69, 9.17) is 4.42 Å². The summed E-state index contributed by atoms with van der Waals surface area (Å²) in [4.78, 5) is 8.59. The van der Waals surface area contributed by atoms with E-state index in [1.165, 1.54) is 6.07 Å². The van der Waals surface area contributed by atoms with E-state index in [0.717, 1.165) is 26.2 Å². The van der Waals surface area contributed by atoms with Gasteiger partial charge >= 0.3 is 0 Å². The Morgan fingerprint density at radius 1 is 1.23 bits per heavy atom. The first kappa shape index (κ1) is 13.6. The Kier molecular flexibility index (Phi) is 3.29. The minimum atomic E-state index is -0.235. The van der Waals surface area contributed by atoms with Gasteiger partial charge in [0, 0.05) is 39.3 Å². The maximum atomic E-state index is 13.8. The summed E-state index contributed by atoms with van der Waals surface area (Å²) in [7, 11) is 0. The van der Waals surface area contributed by atoms with Gasteiger partial charge in [0.2, 0.25) is 11.8 Å². The first-order valence-electron chi connectivity index (χ1n) is 7.56. The zero-order valence-electron chi connectivity index (χ0n) is 12.4. The Morgan fingerprint density at radius 2 is 2.00 bits per heavy atom. The van der Waals surface area contributed by atoms with Crippen LogP contribution in [0.4, 0.5) is 10.2 Å². The van der Waals surface area contributed by atoms with Gasteiger partial charge in [-0.2, -0.15) is 0 Å². The average molecular weight is 303 g/mol. The Balaban J connectivity index is 1.39. The molecule has 0 aromatic carbocycles. The van der Waals surface area contributed by atoms with Gasteiger partial charge in [-0.15, -0.1) is 10.2 Å². The van der Waals surface area contributed by atoms with E-state index in [-0.39, 0.29) is 5.82 Å². The lowest BCUT2D eigenvalue weighted by atomic mass is 10.0. The van der Waals surface area contributed by atoms with Crippen LogP contribution in [0, 0.1) is 24.6 Å². The van der Waals surface area contributed by atoms with E-state index in [1.54, 1.807) is 19.2 Å². The van der Waals surface area contributed by atoms with Crippen molar-refractivity contribution in [2.45, 2.75) is 13.5 Å². The van der Waals surface area contributed by atoms with Gasteiger partial charge in [-0.3, -0.25) is 4.90 Å². The highest BCUT2D eigenvalue weighted by molar-refractivity contribution is 5.41. The van der Waals surface area contributed by atoms with Crippen LogP contribution in [0.3, 0.4) is 0 Å². The first-order chi connectivity index (χ1) is 10.7. The summed E-state index contributed by atoms with van der Waals surface area (Å²) in [5.74, 6) is 2.61. The zero-order chi connectivity index (χ0) is 15.1. The smallest absolute Gasteiger partial charge is 0.230 e. The Bertz CT molecular complexity index is 661. The van der Waals surface area contributed by atoms with Crippen molar-refractivity contribution in [3.05, 3.63) is 35.9 Å². The molecule has 2 aromatic rings. The van der Waals surface area contributed by atoms with Crippen LogP contribution in [0.5, 0.6) is 0 Å². The molecule has 0 amide bonds. The van der Waals surface area contributed by atoms with Crippen molar-refractivity contribution in [2.24, 2.45) is 11.8 Å². The average Bonchev–Trinajstić information content (AvgIpc) is 3.14. The van der Waals surface area contributed by atoms with Crippen molar-refractivity contribution in [3.63, 3.8) is 0 Å². The zero-order valence-corrected chi connectivity index (χ0v) is 12.4. The molecular formula is C15H18FN5O. The number of aryl methyl sites for hydroxylation is 1. The number of hydrogen-bond donors (Lipinski definition) is 0. The van der Waals surface area contributed by atoms with Crippen molar-refractivity contribution < 1.29 is 8.81 Å². The van der Waals surface area contributed by atoms with E-state index >= 15 is 0 Å². The van der Waals surface area contributed by atoms with Gasteiger partial charge in [0.15, 0.2) is 11.6 Å². The number of hydrogen-bond acceptors (Lipinski definition) is 6. The Hall–Kier alpha value is -2.02. The van der Waals surface area contributed by atoms with Gasteiger partial charge in [0.05, 0.1) is 6.54 Å². The standard InChI is InChI=1S/C15H18FN5O/c1-10-18-19-14(22-10)9-20-5-11-7-21(8-12(11)6-20)15-13(16)3-2-4-17-15/h2-4,11-12H,5-9H2,1H3. The third-order valence-electron chi connectivity index (χ3n) is 4.53. The van der Waals surface area contributed by atoms with Gasteiger partial charge in [-0.1, -0.05) is 0 Å². The third kappa shape index (κ3) is 2.45. The number of pyridine rings is 1. The van der Waals surface area contributed by atoms with Crippen LogP contribution in [-0.2, 0) is 6.54 Å². The molecule has 2 atom stereocenters. The van der Waals surface area contributed by atoms with Gasteiger partial charge in [0.25, 0.3) is 0 Å². The molecule has 7 heteroatoms. The molecular weight excluding hydrogens is 285 g/mol. The fourth-order valence-corrected chi connectivity index (χ4v) is 3.60. The molecule has 0 saturated carbocycles. The molecule has 2 fully saturated rings. The normalized spacial score (nSPS) is 24.9. The van der Waals surface area contributed by atoms with Crippen LogP contribution < -0.4 is 4.90 Å². The van der Waals surface area contributed by atoms with Crippen LogP contribution >= 0.6 is 0 Å². The number of fused-ring (bicyclic) bond motifs is 1. The maximum Gasteiger partial charge on any atom is 0.230 e. The summed E-state index contributed by atoms with van der Waals surface area (Å²) < 4.78 is 19.3. The molecule has 0 N–H and O–H groups in total. The van der Waals surface area contributed by atoms with Crippen molar-refractivity contribution >= 4 is 5.82 Å². The molecule has 2 aliphatic rings. The second-order valence-corrected chi connectivity index (χ2v) is 6.14.